The first-order valence-electron chi connectivity index (χ1n) is 6.17. The zero-order chi connectivity index (χ0) is 10.3. The number of hydrogen-bond acceptors (Lipinski definition) is 0. The third kappa shape index (κ3) is 3.80. The van der Waals surface area contributed by atoms with Gasteiger partial charge in [-0.2, -0.15) is 0 Å². The van der Waals surface area contributed by atoms with E-state index in [2.05, 4.69) is 36.2 Å². The summed E-state index contributed by atoms with van der Waals surface area (Å²) in [6, 6.07) is 0. The van der Waals surface area contributed by atoms with Crippen LogP contribution in [0.15, 0.2) is 22.3 Å². The fourth-order valence-corrected chi connectivity index (χ4v) is 14.7. The Kier molecular flexibility index (Phi) is 5.91. The van der Waals surface area contributed by atoms with Gasteiger partial charge in [0.1, 0.15) is 0 Å². The Hall–Kier alpha value is 0.279. The van der Waals surface area contributed by atoms with Crippen LogP contribution in [0, 0.1) is 0 Å². The van der Waals surface area contributed by atoms with E-state index in [9.17, 15) is 0 Å². The van der Waals surface area contributed by atoms with E-state index >= 15 is 0 Å². The van der Waals surface area contributed by atoms with Crippen LogP contribution in [-0.4, -0.2) is 18.4 Å². The van der Waals surface area contributed by atoms with E-state index in [0.717, 1.165) is 0 Å². The van der Waals surface area contributed by atoms with Gasteiger partial charge in [0.25, 0.3) is 0 Å². The first kappa shape index (κ1) is 12.3. The van der Waals surface area contributed by atoms with Crippen molar-refractivity contribution >= 4 is 18.4 Å². The molecule has 0 aromatic heterocycles. The molecule has 0 N–H and O–H groups in total. The second kappa shape index (κ2) is 6.71. The first-order valence-corrected chi connectivity index (χ1v) is 13.9. The second-order valence-corrected chi connectivity index (χ2v) is 17.3. The first-order chi connectivity index (χ1) is 6.83. The van der Waals surface area contributed by atoms with Crippen molar-refractivity contribution in [3.63, 3.8) is 0 Å². The number of hydrogen-bond donors (Lipinski definition) is 0. The minimum atomic E-state index is -1.76. The molecule has 0 fully saturated rings. The zero-order valence-corrected chi connectivity index (χ0v) is 12.6. The summed E-state index contributed by atoms with van der Waals surface area (Å²) < 4.78 is 7.32. The predicted molar refractivity (Wildman–Crippen MR) is 68.3 cm³/mol. The molecule has 1 aliphatic rings. The summed E-state index contributed by atoms with van der Waals surface area (Å²) in [6.45, 7) is 4.64. The number of unbranched alkanes of at least 4 members (excludes halogenated alkanes) is 2. The van der Waals surface area contributed by atoms with E-state index in [-0.39, 0.29) is 0 Å². The monoisotopic (exact) mass is 300 g/mol. The summed E-state index contributed by atoms with van der Waals surface area (Å²) >= 11 is -1.76. The molecule has 14 heavy (non-hydrogen) atoms. The van der Waals surface area contributed by atoms with E-state index < -0.39 is 18.4 Å². The van der Waals surface area contributed by atoms with Gasteiger partial charge >= 0.3 is 93.5 Å². The fourth-order valence-electron chi connectivity index (χ4n) is 2.26. The van der Waals surface area contributed by atoms with Gasteiger partial charge in [0.2, 0.25) is 0 Å². The van der Waals surface area contributed by atoms with Crippen LogP contribution in [0.2, 0.25) is 13.3 Å². The standard InChI is InChI=1S/C5H6.2C4H9.Sn/c1-3-5-4-2;2*1-3-4-2;/h1,3-5H,2H2;2*1,3-4H2,2H3;. The number of rotatable bonds is 6. The summed E-state index contributed by atoms with van der Waals surface area (Å²) in [7, 11) is 0. The Morgan fingerprint density at radius 2 is 1.64 bits per heavy atom. The van der Waals surface area contributed by atoms with Crippen molar-refractivity contribution in [1.82, 2.24) is 0 Å². The molecule has 0 radical (unpaired) electrons. The molecule has 0 unspecified atom stereocenters. The molecule has 0 saturated heterocycles. The molecule has 0 aromatic carbocycles. The maximum absolute atomic E-state index is 2.67. The third-order valence-electron chi connectivity index (χ3n) is 3.28. The molecule has 1 rings (SSSR count). The number of allylic oxidation sites excluding steroid dienone is 3. The van der Waals surface area contributed by atoms with Gasteiger partial charge in [-0.25, -0.2) is 0 Å². The van der Waals surface area contributed by atoms with Crippen molar-refractivity contribution in [2.24, 2.45) is 0 Å². The molecule has 1 heteroatoms. The summed E-state index contributed by atoms with van der Waals surface area (Å²) in [5.74, 6) is 0. The van der Waals surface area contributed by atoms with E-state index in [1.54, 1.807) is 8.87 Å². The molecule has 1 aliphatic heterocycles. The van der Waals surface area contributed by atoms with Crippen LogP contribution in [0.4, 0.5) is 0 Å². The molecule has 0 nitrogen and oxygen atoms in total. The zero-order valence-electron chi connectivity index (χ0n) is 9.76. The van der Waals surface area contributed by atoms with Crippen molar-refractivity contribution < 1.29 is 0 Å². The van der Waals surface area contributed by atoms with Crippen LogP contribution >= 0.6 is 0 Å². The SMILES string of the molecule is CCC[CH2][Sn]1([CH2]CCC)[CH]=CC=C[CH2]1. The maximum atomic E-state index is 2.67. The quantitative estimate of drug-likeness (QED) is 0.624. The van der Waals surface area contributed by atoms with Crippen molar-refractivity contribution in [3.05, 3.63) is 22.3 Å². The fraction of sp³-hybridized carbons (Fsp3) is 0.692. The van der Waals surface area contributed by atoms with E-state index in [1.807, 2.05) is 0 Å². The molecular formula is C13H24Sn. The van der Waals surface area contributed by atoms with Crippen LogP contribution in [0.5, 0.6) is 0 Å². The van der Waals surface area contributed by atoms with Gasteiger partial charge in [-0.15, -0.1) is 0 Å². The molecule has 0 amide bonds. The van der Waals surface area contributed by atoms with Crippen molar-refractivity contribution in [3.8, 4) is 0 Å². The van der Waals surface area contributed by atoms with Gasteiger partial charge in [0.05, 0.1) is 0 Å². The van der Waals surface area contributed by atoms with Crippen LogP contribution in [-0.2, 0) is 0 Å². The van der Waals surface area contributed by atoms with Gasteiger partial charge in [-0.3, -0.25) is 0 Å². The van der Waals surface area contributed by atoms with Gasteiger partial charge in [-0.05, 0) is 0 Å². The molecule has 0 aromatic rings. The molecule has 0 aliphatic carbocycles. The molecule has 0 spiro atoms. The molecular weight excluding hydrogens is 275 g/mol. The predicted octanol–water partition coefficient (Wildman–Crippen LogP) is 4.70. The Morgan fingerprint density at radius 3 is 2.07 bits per heavy atom. The average molecular weight is 299 g/mol. The molecule has 0 bridgehead atoms. The molecule has 1 heterocycles. The molecule has 0 saturated carbocycles. The Balaban J connectivity index is 2.50. The Morgan fingerprint density at radius 1 is 1.00 bits per heavy atom. The average Bonchev–Trinajstić information content (AvgIpc) is 2.25. The van der Waals surface area contributed by atoms with Gasteiger partial charge in [0.15, 0.2) is 0 Å². The summed E-state index contributed by atoms with van der Waals surface area (Å²) in [5, 5.41) is 0. The second-order valence-electron chi connectivity index (χ2n) is 4.56. The molecule has 0 atom stereocenters. The summed E-state index contributed by atoms with van der Waals surface area (Å²) in [4.78, 5) is 0. The van der Waals surface area contributed by atoms with Crippen molar-refractivity contribution in [1.29, 1.82) is 0 Å². The summed E-state index contributed by atoms with van der Waals surface area (Å²) in [6.07, 6.45) is 12.7. The van der Waals surface area contributed by atoms with Crippen molar-refractivity contribution in [2.45, 2.75) is 52.8 Å². The molecule has 80 valence electrons. The van der Waals surface area contributed by atoms with Crippen LogP contribution < -0.4 is 0 Å². The minimum absolute atomic E-state index is 1.38. The van der Waals surface area contributed by atoms with Gasteiger partial charge in [-0.1, -0.05) is 0 Å². The van der Waals surface area contributed by atoms with E-state index in [0.29, 0.717) is 0 Å². The van der Waals surface area contributed by atoms with Gasteiger partial charge in [0, 0.05) is 0 Å². The van der Waals surface area contributed by atoms with Gasteiger partial charge < -0.3 is 0 Å². The van der Waals surface area contributed by atoms with Crippen LogP contribution in [0.25, 0.3) is 0 Å². The van der Waals surface area contributed by atoms with Crippen LogP contribution in [0.1, 0.15) is 39.5 Å². The van der Waals surface area contributed by atoms with E-state index in [1.165, 1.54) is 30.1 Å². The Bertz CT molecular complexity index is 195. The normalized spacial score (nSPS) is 18.7. The summed E-state index contributed by atoms with van der Waals surface area (Å²) in [5.41, 5.74) is 0. The third-order valence-corrected chi connectivity index (χ3v) is 16.5. The van der Waals surface area contributed by atoms with Crippen molar-refractivity contribution in [2.75, 3.05) is 0 Å². The topological polar surface area (TPSA) is 0 Å². The van der Waals surface area contributed by atoms with E-state index in [4.69, 9.17) is 0 Å². The van der Waals surface area contributed by atoms with Crippen LogP contribution in [0.3, 0.4) is 0 Å². The Labute approximate surface area is 93.4 Å².